The maximum Gasteiger partial charge on any atom is 0.0900 e. The Morgan fingerprint density at radius 3 is 2.88 bits per heavy atom. The maximum absolute atomic E-state index is 9.53. The minimum Gasteiger partial charge on any atom is -0.389 e. The molecule has 4 nitrogen and oxygen atoms in total. The fraction of sp³-hybridized carbons (Fsp3) is 0.545. The van der Waals surface area contributed by atoms with Crippen molar-refractivity contribution in [2.75, 3.05) is 27.3 Å². The predicted molar refractivity (Wildman–Crippen MR) is 63.5 cm³/mol. The van der Waals surface area contributed by atoms with Crippen molar-refractivity contribution in [1.29, 1.82) is 0 Å². The fourth-order valence-electron chi connectivity index (χ4n) is 1.45. The molecule has 1 atom stereocenters. The zero-order valence-electron chi connectivity index (χ0n) is 9.56. The summed E-state index contributed by atoms with van der Waals surface area (Å²) in [6.45, 7) is 1.58. The Morgan fingerprint density at radius 1 is 1.56 bits per heavy atom. The van der Waals surface area contributed by atoms with Crippen LogP contribution in [0.25, 0.3) is 0 Å². The van der Waals surface area contributed by atoms with Gasteiger partial charge in [0.2, 0.25) is 0 Å². The number of pyridine rings is 1. The number of methoxy groups -OCH3 is 1. The normalized spacial score (nSPS) is 13.1. The summed E-state index contributed by atoms with van der Waals surface area (Å²) in [5.41, 5.74) is 0.927. The molecule has 0 saturated heterocycles. The molecule has 0 aliphatic carbocycles. The highest BCUT2D eigenvalue weighted by atomic mass is 35.5. The van der Waals surface area contributed by atoms with Crippen molar-refractivity contribution in [3.8, 4) is 0 Å². The van der Waals surface area contributed by atoms with Gasteiger partial charge in [0.1, 0.15) is 0 Å². The molecule has 0 aliphatic rings. The molecule has 0 aliphatic heterocycles. The first-order valence-electron chi connectivity index (χ1n) is 5.07. The van der Waals surface area contributed by atoms with Crippen molar-refractivity contribution < 1.29 is 9.84 Å². The SMILES string of the molecule is COCC(O)CN(C)Cc1ccc(Cl)cn1. The van der Waals surface area contributed by atoms with Gasteiger partial charge in [-0.3, -0.25) is 9.88 Å². The molecule has 16 heavy (non-hydrogen) atoms. The third kappa shape index (κ3) is 4.90. The number of aliphatic hydroxyl groups is 1. The lowest BCUT2D eigenvalue weighted by Gasteiger charge is -2.19. The van der Waals surface area contributed by atoms with Crippen molar-refractivity contribution >= 4 is 11.6 Å². The molecule has 5 heteroatoms. The van der Waals surface area contributed by atoms with Gasteiger partial charge in [-0.1, -0.05) is 11.6 Å². The number of ether oxygens (including phenoxy) is 1. The van der Waals surface area contributed by atoms with E-state index in [-0.39, 0.29) is 0 Å². The van der Waals surface area contributed by atoms with Gasteiger partial charge in [-0.25, -0.2) is 0 Å². The lowest BCUT2D eigenvalue weighted by molar-refractivity contribution is 0.0416. The second kappa shape index (κ2) is 6.81. The van der Waals surface area contributed by atoms with E-state index < -0.39 is 6.10 Å². The highest BCUT2D eigenvalue weighted by Crippen LogP contribution is 2.07. The van der Waals surface area contributed by atoms with E-state index in [1.54, 1.807) is 13.3 Å². The van der Waals surface area contributed by atoms with Crippen LogP contribution in [0.5, 0.6) is 0 Å². The molecule has 0 bridgehead atoms. The molecular weight excluding hydrogens is 228 g/mol. The Bertz CT molecular complexity index is 305. The topological polar surface area (TPSA) is 45.6 Å². The van der Waals surface area contributed by atoms with Gasteiger partial charge >= 0.3 is 0 Å². The van der Waals surface area contributed by atoms with Crippen LogP contribution < -0.4 is 0 Å². The van der Waals surface area contributed by atoms with Crippen LogP contribution in [0.2, 0.25) is 5.02 Å². The second-order valence-electron chi connectivity index (χ2n) is 3.77. The molecular formula is C11H17ClN2O2. The first-order valence-corrected chi connectivity index (χ1v) is 5.45. The quantitative estimate of drug-likeness (QED) is 0.816. The van der Waals surface area contributed by atoms with Gasteiger partial charge in [0.25, 0.3) is 0 Å². The highest BCUT2D eigenvalue weighted by molar-refractivity contribution is 6.30. The summed E-state index contributed by atoms with van der Waals surface area (Å²) in [6, 6.07) is 3.69. The highest BCUT2D eigenvalue weighted by Gasteiger charge is 2.08. The van der Waals surface area contributed by atoms with E-state index >= 15 is 0 Å². The monoisotopic (exact) mass is 244 g/mol. The molecule has 1 aromatic rings. The van der Waals surface area contributed by atoms with Crippen molar-refractivity contribution in [3.63, 3.8) is 0 Å². The van der Waals surface area contributed by atoms with Gasteiger partial charge in [0, 0.05) is 26.4 Å². The Labute approximate surface area is 101 Å². The number of likely N-dealkylation sites (N-methyl/N-ethyl adjacent to an activating group) is 1. The average Bonchev–Trinajstić information content (AvgIpc) is 2.21. The average molecular weight is 245 g/mol. The number of aromatic nitrogens is 1. The van der Waals surface area contributed by atoms with E-state index in [0.29, 0.717) is 24.7 Å². The molecule has 1 rings (SSSR count). The van der Waals surface area contributed by atoms with Gasteiger partial charge < -0.3 is 9.84 Å². The molecule has 1 heterocycles. The van der Waals surface area contributed by atoms with Crippen LogP contribution in [-0.2, 0) is 11.3 Å². The Hall–Kier alpha value is -0.680. The smallest absolute Gasteiger partial charge is 0.0900 e. The van der Waals surface area contributed by atoms with Gasteiger partial charge in [0.15, 0.2) is 0 Å². The largest absolute Gasteiger partial charge is 0.389 e. The Balaban J connectivity index is 2.39. The first-order chi connectivity index (χ1) is 7.61. The van der Waals surface area contributed by atoms with Crippen molar-refractivity contribution in [1.82, 2.24) is 9.88 Å². The van der Waals surface area contributed by atoms with Crippen LogP contribution in [0.1, 0.15) is 5.69 Å². The lowest BCUT2D eigenvalue weighted by atomic mass is 10.3. The van der Waals surface area contributed by atoms with Gasteiger partial charge in [-0.05, 0) is 19.2 Å². The zero-order chi connectivity index (χ0) is 12.0. The van der Waals surface area contributed by atoms with Crippen molar-refractivity contribution in [2.45, 2.75) is 12.6 Å². The van der Waals surface area contributed by atoms with E-state index in [1.165, 1.54) is 0 Å². The standard InChI is InChI=1S/C11H17ClN2O2/c1-14(7-11(15)8-16-2)6-10-4-3-9(12)5-13-10/h3-5,11,15H,6-8H2,1-2H3. The molecule has 1 N–H and O–H groups in total. The summed E-state index contributed by atoms with van der Waals surface area (Å²) in [6.07, 6.45) is 1.15. The van der Waals surface area contributed by atoms with Gasteiger partial charge in [-0.15, -0.1) is 0 Å². The van der Waals surface area contributed by atoms with Crippen LogP contribution in [0.3, 0.4) is 0 Å². The summed E-state index contributed by atoms with van der Waals surface area (Å²) >= 11 is 5.74. The molecule has 0 radical (unpaired) electrons. The predicted octanol–water partition coefficient (Wildman–Crippen LogP) is 1.17. The molecule has 0 spiro atoms. The third-order valence-corrected chi connectivity index (χ3v) is 2.33. The molecule has 1 aromatic heterocycles. The number of aliphatic hydroxyl groups excluding tert-OH is 1. The number of nitrogens with zero attached hydrogens (tertiary/aromatic N) is 2. The van der Waals surface area contributed by atoms with Gasteiger partial charge in [-0.2, -0.15) is 0 Å². The van der Waals surface area contributed by atoms with Crippen molar-refractivity contribution in [3.05, 3.63) is 29.0 Å². The second-order valence-corrected chi connectivity index (χ2v) is 4.21. The van der Waals surface area contributed by atoms with E-state index in [2.05, 4.69) is 4.98 Å². The number of hydrogen-bond donors (Lipinski definition) is 1. The summed E-state index contributed by atoms with van der Waals surface area (Å²) in [4.78, 5) is 6.17. The first kappa shape index (κ1) is 13.4. The van der Waals surface area contributed by atoms with E-state index in [9.17, 15) is 5.11 Å². The van der Waals surface area contributed by atoms with Crippen molar-refractivity contribution in [2.24, 2.45) is 0 Å². The van der Waals surface area contributed by atoms with E-state index in [0.717, 1.165) is 5.69 Å². The third-order valence-electron chi connectivity index (χ3n) is 2.10. The maximum atomic E-state index is 9.53. The number of rotatable bonds is 6. The number of halogens is 1. The summed E-state index contributed by atoms with van der Waals surface area (Å²) in [7, 11) is 3.50. The molecule has 1 unspecified atom stereocenters. The number of hydrogen-bond acceptors (Lipinski definition) is 4. The molecule has 0 saturated carbocycles. The van der Waals surface area contributed by atoms with Crippen LogP contribution in [0.15, 0.2) is 18.3 Å². The Morgan fingerprint density at radius 2 is 2.31 bits per heavy atom. The summed E-state index contributed by atoms with van der Waals surface area (Å²) in [5, 5.41) is 10.2. The van der Waals surface area contributed by atoms with Crippen LogP contribution >= 0.6 is 11.6 Å². The molecule has 90 valence electrons. The minimum atomic E-state index is -0.470. The van der Waals surface area contributed by atoms with Crippen LogP contribution in [0, 0.1) is 0 Å². The van der Waals surface area contributed by atoms with Crippen LogP contribution in [-0.4, -0.2) is 48.4 Å². The van der Waals surface area contributed by atoms with E-state index in [1.807, 2.05) is 24.1 Å². The van der Waals surface area contributed by atoms with E-state index in [4.69, 9.17) is 16.3 Å². The lowest BCUT2D eigenvalue weighted by Crippen LogP contribution is -2.31. The Kier molecular flexibility index (Phi) is 5.69. The molecule has 0 fully saturated rings. The molecule has 0 amide bonds. The summed E-state index contributed by atoms with van der Waals surface area (Å²) in [5.74, 6) is 0. The summed E-state index contributed by atoms with van der Waals surface area (Å²) < 4.78 is 4.86. The van der Waals surface area contributed by atoms with Crippen LogP contribution in [0.4, 0.5) is 0 Å². The minimum absolute atomic E-state index is 0.346. The van der Waals surface area contributed by atoms with Gasteiger partial charge in [0.05, 0.1) is 23.4 Å². The zero-order valence-corrected chi connectivity index (χ0v) is 10.3. The fourth-order valence-corrected chi connectivity index (χ4v) is 1.56. The molecule has 0 aromatic carbocycles.